The number of benzene rings is 1. The molecular weight excluding hydrogens is 262 g/mol. The van der Waals surface area contributed by atoms with Crippen LogP contribution >= 0.6 is 0 Å². The highest BCUT2D eigenvalue weighted by molar-refractivity contribution is 5.67. The Bertz CT molecular complexity index is 739. The molecule has 0 unspecified atom stereocenters. The number of nitrogens with zero attached hydrogens (tertiary/aromatic N) is 2. The van der Waals surface area contributed by atoms with E-state index in [1.165, 1.54) is 6.07 Å². The van der Waals surface area contributed by atoms with Crippen molar-refractivity contribution in [2.75, 3.05) is 6.61 Å². The van der Waals surface area contributed by atoms with Gasteiger partial charge in [-0.05, 0) is 6.07 Å². The number of aromatic nitrogens is 2. The van der Waals surface area contributed by atoms with Crippen molar-refractivity contribution < 1.29 is 9.66 Å². The fraction of sp³-hybridized carbons (Fsp3) is 0.231. The molecule has 0 bridgehead atoms. The van der Waals surface area contributed by atoms with Gasteiger partial charge in [0.05, 0.1) is 35.0 Å². The summed E-state index contributed by atoms with van der Waals surface area (Å²) in [5, 5.41) is 11.0. The van der Waals surface area contributed by atoms with E-state index in [-0.39, 0.29) is 23.7 Å². The zero-order valence-corrected chi connectivity index (χ0v) is 10.5. The predicted octanol–water partition coefficient (Wildman–Crippen LogP) is 1.42. The number of aromatic amines is 1. The van der Waals surface area contributed by atoms with Crippen LogP contribution in [0.4, 0.5) is 5.69 Å². The largest absolute Gasteiger partial charge is 0.376 e. The normalized spacial score (nSPS) is 13.8. The summed E-state index contributed by atoms with van der Waals surface area (Å²) in [6.45, 7) is 0.731. The molecule has 7 heteroatoms. The number of ether oxygens (including phenoxy) is 1. The summed E-state index contributed by atoms with van der Waals surface area (Å²) in [6.07, 6.45) is 0.535. The molecule has 0 spiro atoms. The fourth-order valence-corrected chi connectivity index (χ4v) is 2.20. The highest BCUT2D eigenvalue weighted by Crippen LogP contribution is 2.26. The molecule has 0 saturated carbocycles. The van der Waals surface area contributed by atoms with Crippen LogP contribution in [0.5, 0.6) is 0 Å². The molecule has 2 aromatic rings. The van der Waals surface area contributed by atoms with E-state index < -0.39 is 4.92 Å². The van der Waals surface area contributed by atoms with E-state index >= 15 is 0 Å². The standard InChI is InChI=1S/C13H11N3O4/c17-13-9-7-20-6-5-10(9)14-12(15-13)8-3-1-2-4-11(8)16(18)19/h1-4H,5-7H2,(H,14,15,17). The van der Waals surface area contributed by atoms with Crippen molar-refractivity contribution in [3.63, 3.8) is 0 Å². The van der Waals surface area contributed by atoms with Gasteiger partial charge in [0.25, 0.3) is 11.2 Å². The second kappa shape index (κ2) is 4.86. The van der Waals surface area contributed by atoms with Gasteiger partial charge in [-0.3, -0.25) is 14.9 Å². The highest BCUT2D eigenvalue weighted by atomic mass is 16.6. The lowest BCUT2D eigenvalue weighted by Crippen LogP contribution is -2.24. The van der Waals surface area contributed by atoms with E-state index in [0.717, 1.165) is 0 Å². The van der Waals surface area contributed by atoms with E-state index in [1.807, 2.05) is 0 Å². The zero-order chi connectivity index (χ0) is 14.1. The van der Waals surface area contributed by atoms with Crippen LogP contribution in [0.15, 0.2) is 29.1 Å². The monoisotopic (exact) mass is 273 g/mol. The maximum Gasteiger partial charge on any atom is 0.280 e. The number of nitro groups is 1. The summed E-state index contributed by atoms with van der Waals surface area (Å²) < 4.78 is 5.22. The van der Waals surface area contributed by atoms with Crippen molar-refractivity contribution in [2.24, 2.45) is 0 Å². The molecule has 0 saturated heterocycles. The molecule has 7 nitrogen and oxygen atoms in total. The van der Waals surface area contributed by atoms with Gasteiger partial charge in [0.1, 0.15) is 5.82 Å². The molecule has 0 amide bonds. The third-order valence-electron chi connectivity index (χ3n) is 3.19. The van der Waals surface area contributed by atoms with Crippen molar-refractivity contribution in [1.29, 1.82) is 0 Å². The smallest absolute Gasteiger partial charge is 0.280 e. The van der Waals surface area contributed by atoms with Crippen molar-refractivity contribution >= 4 is 5.69 Å². The Morgan fingerprint density at radius 2 is 2.15 bits per heavy atom. The van der Waals surface area contributed by atoms with E-state index in [0.29, 0.717) is 29.8 Å². The van der Waals surface area contributed by atoms with Crippen LogP contribution < -0.4 is 5.56 Å². The maximum absolute atomic E-state index is 12.0. The van der Waals surface area contributed by atoms with Crippen molar-refractivity contribution in [1.82, 2.24) is 9.97 Å². The minimum atomic E-state index is -0.488. The Kier molecular flexibility index (Phi) is 3.03. The van der Waals surface area contributed by atoms with E-state index in [9.17, 15) is 14.9 Å². The number of nitrogens with one attached hydrogen (secondary N) is 1. The number of hydrogen-bond acceptors (Lipinski definition) is 5. The van der Waals surface area contributed by atoms with Gasteiger partial charge in [0.15, 0.2) is 0 Å². The summed E-state index contributed by atoms with van der Waals surface area (Å²) in [4.78, 5) is 29.5. The van der Waals surface area contributed by atoms with Gasteiger partial charge in [-0.15, -0.1) is 0 Å². The van der Waals surface area contributed by atoms with Crippen LogP contribution in [0.2, 0.25) is 0 Å². The van der Waals surface area contributed by atoms with Crippen LogP contribution in [0.25, 0.3) is 11.4 Å². The van der Waals surface area contributed by atoms with E-state index in [1.54, 1.807) is 18.2 Å². The van der Waals surface area contributed by atoms with Gasteiger partial charge >= 0.3 is 0 Å². The summed E-state index contributed by atoms with van der Waals surface area (Å²) in [5.41, 5.74) is 1.07. The topological polar surface area (TPSA) is 98.1 Å². The Hall–Kier alpha value is -2.54. The first-order valence-electron chi connectivity index (χ1n) is 6.10. The van der Waals surface area contributed by atoms with E-state index in [4.69, 9.17) is 4.74 Å². The average Bonchev–Trinajstić information content (AvgIpc) is 2.47. The molecule has 1 aromatic heterocycles. The minimum absolute atomic E-state index is 0.0809. The summed E-state index contributed by atoms with van der Waals surface area (Å²) in [6, 6.07) is 6.21. The molecule has 1 aliphatic rings. The fourth-order valence-electron chi connectivity index (χ4n) is 2.20. The predicted molar refractivity (Wildman–Crippen MR) is 70.3 cm³/mol. The van der Waals surface area contributed by atoms with Crippen molar-refractivity contribution in [3.8, 4) is 11.4 Å². The van der Waals surface area contributed by atoms with Gasteiger partial charge in [-0.25, -0.2) is 4.98 Å². The number of rotatable bonds is 2. The Morgan fingerprint density at radius 1 is 1.35 bits per heavy atom. The quantitative estimate of drug-likeness (QED) is 0.659. The Labute approximate surface area is 113 Å². The highest BCUT2D eigenvalue weighted by Gasteiger charge is 2.20. The number of nitro benzene ring substituents is 1. The first kappa shape index (κ1) is 12.5. The zero-order valence-electron chi connectivity index (χ0n) is 10.5. The first-order chi connectivity index (χ1) is 9.66. The molecule has 1 N–H and O–H groups in total. The number of para-hydroxylation sites is 1. The number of hydrogen-bond donors (Lipinski definition) is 1. The van der Waals surface area contributed by atoms with Crippen LogP contribution in [0, 0.1) is 10.1 Å². The lowest BCUT2D eigenvalue weighted by molar-refractivity contribution is -0.384. The Morgan fingerprint density at radius 3 is 2.95 bits per heavy atom. The van der Waals surface area contributed by atoms with Crippen LogP contribution in [0.1, 0.15) is 11.3 Å². The number of fused-ring (bicyclic) bond motifs is 1. The molecule has 1 aliphatic heterocycles. The summed E-state index contributed by atoms with van der Waals surface area (Å²) >= 11 is 0. The lowest BCUT2D eigenvalue weighted by Gasteiger charge is -2.15. The molecule has 0 atom stereocenters. The van der Waals surface area contributed by atoms with Crippen LogP contribution in [-0.4, -0.2) is 21.5 Å². The molecule has 3 rings (SSSR count). The van der Waals surface area contributed by atoms with Crippen molar-refractivity contribution in [3.05, 3.63) is 56.0 Å². The molecule has 1 aromatic carbocycles. The van der Waals surface area contributed by atoms with Gasteiger partial charge in [-0.2, -0.15) is 0 Å². The third kappa shape index (κ3) is 2.08. The molecular formula is C13H11N3O4. The molecule has 0 radical (unpaired) electrons. The van der Waals surface area contributed by atoms with Gasteiger partial charge < -0.3 is 9.72 Å². The first-order valence-corrected chi connectivity index (χ1v) is 6.10. The van der Waals surface area contributed by atoms with Gasteiger partial charge in [0, 0.05) is 12.5 Å². The molecule has 0 aliphatic carbocycles. The van der Waals surface area contributed by atoms with Crippen molar-refractivity contribution in [2.45, 2.75) is 13.0 Å². The maximum atomic E-state index is 12.0. The summed E-state index contributed by atoms with van der Waals surface area (Å²) in [7, 11) is 0. The van der Waals surface area contributed by atoms with Gasteiger partial charge in [-0.1, -0.05) is 12.1 Å². The Balaban J connectivity index is 2.19. The molecule has 20 heavy (non-hydrogen) atoms. The number of H-pyrrole nitrogens is 1. The lowest BCUT2D eigenvalue weighted by atomic mass is 10.1. The van der Waals surface area contributed by atoms with Crippen LogP contribution in [0.3, 0.4) is 0 Å². The molecule has 102 valence electrons. The molecule has 2 heterocycles. The van der Waals surface area contributed by atoms with Crippen LogP contribution in [-0.2, 0) is 17.8 Å². The second-order valence-corrected chi connectivity index (χ2v) is 4.42. The summed E-state index contributed by atoms with van der Waals surface area (Å²) in [5.74, 6) is 0.225. The van der Waals surface area contributed by atoms with E-state index in [2.05, 4.69) is 9.97 Å². The average molecular weight is 273 g/mol. The second-order valence-electron chi connectivity index (χ2n) is 4.42. The minimum Gasteiger partial charge on any atom is -0.376 e. The third-order valence-corrected chi connectivity index (χ3v) is 3.19. The SMILES string of the molecule is O=c1[nH]c(-c2ccccc2[N+](=O)[O-])nc2c1COCC2. The molecule has 0 fully saturated rings. The van der Waals surface area contributed by atoms with Gasteiger partial charge in [0.2, 0.25) is 0 Å².